The van der Waals surface area contributed by atoms with Crippen LogP contribution in [0.25, 0.3) is 31.1 Å². The van der Waals surface area contributed by atoms with E-state index in [0.717, 1.165) is 5.52 Å². The van der Waals surface area contributed by atoms with Crippen molar-refractivity contribution in [3.05, 3.63) is 54.7 Å². The van der Waals surface area contributed by atoms with E-state index in [2.05, 4.69) is 47.4 Å². The summed E-state index contributed by atoms with van der Waals surface area (Å²) in [6.45, 7) is 0. The van der Waals surface area contributed by atoms with Crippen molar-refractivity contribution < 1.29 is 0 Å². The van der Waals surface area contributed by atoms with Crippen LogP contribution in [0.3, 0.4) is 0 Å². The van der Waals surface area contributed by atoms with Crippen molar-refractivity contribution >= 4 is 42.4 Å². The lowest BCUT2D eigenvalue weighted by Gasteiger charge is -1.97. The lowest BCUT2D eigenvalue weighted by Crippen LogP contribution is -1.76. The molecule has 2 aromatic heterocycles. The molecule has 0 spiro atoms. The van der Waals surface area contributed by atoms with E-state index in [-0.39, 0.29) is 0 Å². The van der Waals surface area contributed by atoms with Crippen LogP contribution in [0.2, 0.25) is 0 Å². The van der Waals surface area contributed by atoms with Crippen LogP contribution in [0.1, 0.15) is 0 Å². The number of nitrogens with zero attached hydrogens (tertiary/aromatic N) is 1. The highest BCUT2D eigenvalue weighted by Gasteiger charge is 2.07. The Bertz CT molecular complexity index is 845. The molecule has 0 N–H and O–H groups in total. The maximum Gasteiger partial charge on any atom is 0.0880 e. The van der Waals surface area contributed by atoms with Crippen LogP contribution < -0.4 is 0 Å². The average molecular weight is 235 g/mol. The van der Waals surface area contributed by atoms with Gasteiger partial charge in [-0.1, -0.05) is 36.4 Å². The number of thiophene rings is 1. The lowest BCUT2D eigenvalue weighted by molar-refractivity contribution is 1.43. The number of aromatic nitrogens is 1. The Labute approximate surface area is 102 Å². The summed E-state index contributed by atoms with van der Waals surface area (Å²) >= 11 is 1.83. The quantitative estimate of drug-likeness (QED) is 0.434. The monoisotopic (exact) mass is 235 g/mol. The van der Waals surface area contributed by atoms with E-state index in [1.54, 1.807) is 0 Å². The number of rotatable bonds is 0. The van der Waals surface area contributed by atoms with E-state index < -0.39 is 0 Å². The summed E-state index contributed by atoms with van der Waals surface area (Å²) in [4.78, 5) is 4.52. The van der Waals surface area contributed by atoms with Gasteiger partial charge in [-0.2, -0.15) is 0 Å². The maximum absolute atomic E-state index is 4.52. The number of hydrogen-bond acceptors (Lipinski definition) is 2. The van der Waals surface area contributed by atoms with Gasteiger partial charge in [0.2, 0.25) is 0 Å². The van der Waals surface area contributed by atoms with Crippen LogP contribution in [0.15, 0.2) is 54.7 Å². The Kier molecular flexibility index (Phi) is 1.76. The van der Waals surface area contributed by atoms with Crippen LogP contribution in [0, 0.1) is 0 Å². The molecule has 0 atom stereocenters. The second-order valence-electron chi connectivity index (χ2n) is 4.12. The first-order chi connectivity index (χ1) is 8.43. The van der Waals surface area contributed by atoms with Crippen LogP contribution >= 0.6 is 11.3 Å². The van der Waals surface area contributed by atoms with Crippen molar-refractivity contribution in [1.82, 2.24) is 4.98 Å². The molecule has 0 aliphatic rings. The zero-order valence-electron chi connectivity index (χ0n) is 9.05. The fraction of sp³-hybridized carbons (Fsp3) is 0. The van der Waals surface area contributed by atoms with E-state index in [1.807, 2.05) is 23.6 Å². The van der Waals surface area contributed by atoms with Crippen molar-refractivity contribution in [3.63, 3.8) is 0 Å². The standard InChI is InChI=1S/C15H9NS/c1-2-6-13-11(5-1)12-8-7-10-4-3-9-16-14(10)15(12)17-13/h1-9H. The van der Waals surface area contributed by atoms with E-state index >= 15 is 0 Å². The van der Waals surface area contributed by atoms with Gasteiger partial charge >= 0.3 is 0 Å². The van der Waals surface area contributed by atoms with Gasteiger partial charge < -0.3 is 0 Å². The average Bonchev–Trinajstić information content (AvgIpc) is 2.78. The molecule has 17 heavy (non-hydrogen) atoms. The first kappa shape index (κ1) is 9.14. The van der Waals surface area contributed by atoms with Gasteiger partial charge in [0.1, 0.15) is 0 Å². The SMILES string of the molecule is c1cnc2c(c1)ccc1c3ccccc3sc12. The summed E-state index contributed by atoms with van der Waals surface area (Å²) in [5, 5.41) is 3.86. The molecule has 0 radical (unpaired) electrons. The molecule has 0 bridgehead atoms. The first-order valence-corrected chi connectivity index (χ1v) is 6.40. The third-order valence-electron chi connectivity index (χ3n) is 3.12. The zero-order chi connectivity index (χ0) is 11.2. The predicted octanol–water partition coefficient (Wildman–Crippen LogP) is 4.60. The molecule has 2 heterocycles. The molecular weight excluding hydrogens is 226 g/mol. The minimum atomic E-state index is 1.12. The van der Waals surface area contributed by atoms with Crippen molar-refractivity contribution in [2.75, 3.05) is 0 Å². The molecule has 2 aromatic carbocycles. The van der Waals surface area contributed by atoms with Gasteiger partial charge in [0.05, 0.1) is 10.2 Å². The molecule has 2 heteroatoms. The number of hydrogen-bond donors (Lipinski definition) is 0. The molecule has 4 rings (SSSR count). The van der Waals surface area contributed by atoms with Crippen molar-refractivity contribution in [2.24, 2.45) is 0 Å². The minimum Gasteiger partial charge on any atom is -0.255 e. The highest BCUT2D eigenvalue weighted by molar-refractivity contribution is 7.26. The highest BCUT2D eigenvalue weighted by Crippen LogP contribution is 2.37. The first-order valence-electron chi connectivity index (χ1n) is 5.58. The van der Waals surface area contributed by atoms with Crippen LogP contribution in [0.5, 0.6) is 0 Å². The zero-order valence-corrected chi connectivity index (χ0v) is 9.87. The van der Waals surface area contributed by atoms with Gasteiger partial charge in [-0.3, -0.25) is 4.98 Å². The Morgan fingerprint density at radius 2 is 1.76 bits per heavy atom. The van der Waals surface area contributed by atoms with Gasteiger partial charge in [-0.05, 0) is 12.1 Å². The Hall–Kier alpha value is -1.93. The summed E-state index contributed by atoms with van der Waals surface area (Å²) in [6, 6.07) is 17.0. The van der Waals surface area contributed by atoms with Crippen molar-refractivity contribution in [1.29, 1.82) is 0 Å². The third-order valence-corrected chi connectivity index (χ3v) is 4.31. The van der Waals surface area contributed by atoms with E-state index in [4.69, 9.17) is 0 Å². The molecule has 0 unspecified atom stereocenters. The molecular formula is C15H9NS. The van der Waals surface area contributed by atoms with Gasteiger partial charge in [0.15, 0.2) is 0 Å². The second kappa shape index (κ2) is 3.28. The molecule has 0 aliphatic heterocycles. The Balaban J connectivity index is 2.34. The van der Waals surface area contributed by atoms with Crippen LogP contribution in [-0.2, 0) is 0 Å². The van der Waals surface area contributed by atoms with Gasteiger partial charge in [0, 0.05) is 27.1 Å². The summed E-state index contributed by atoms with van der Waals surface area (Å²) in [5.74, 6) is 0. The Morgan fingerprint density at radius 3 is 2.76 bits per heavy atom. The summed E-state index contributed by atoms with van der Waals surface area (Å²) in [6.07, 6.45) is 1.87. The van der Waals surface area contributed by atoms with Gasteiger partial charge in [-0.25, -0.2) is 0 Å². The van der Waals surface area contributed by atoms with Gasteiger partial charge in [0.25, 0.3) is 0 Å². The molecule has 0 aliphatic carbocycles. The number of benzene rings is 2. The van der Waals surface area contributed by atoms with Gasteiger partial charge in [-0.15, -0.1) is 11.3 Å². The fourth-order valence-electron chi connectivity index (χ4n) is 2.32. The van der Waals surface area contributed by atoms with E-state index in [0.29, 0.717) is 0 Å². The molecule has 1 nitrogen and oxygen atoms in total. The van der Waals surface area contributed by atoms with E-state index in [1.165, 1.54) is 25.6 Å². The van der Waals surface area contributed by atoms with Crippen molar-refractivity contribution in [2.45, 2.75) is 0 Å². The van der Waals surface area contributed by atoms with Crippen LogP contribution in [0.4, 0.5) is 0 Å². The molecule has 0 fully saturated rings. The predicted molar refractivity (Wildman–Crippen MR) is 74.6 cm³/mol. The normalized spacial score (nSPS) is 11.5. The summed E-state index contributed by atoms with van der Waals surface area (Å²) < 4.78 is 2.63. The Morgan fingerprint density at radius 1 is 0.824 bits per heavy atom. The number of fused-ring (bicyclic) bond motifs is 5. The topological polar surface area (TPSA) is 12.9 Å². The molecule has 80 valence electrons. The summed E-state index contributed by atoms with van der Waals surface area (Å²) in [7, 11) is 0. The summed E-state index contributed by atoms with van der Waals surface area (Å²) in [5.41, 5.74) is 1.12. The number of pyridine rings is 1. The van der Waals surface area contributed by atoms with Crippen molar-refractivity contribution in [3.8, 4) is 0 Å². The minimum absolute atomic E-state index is 1.12. The van der Waals surface area contributed by atoms with E-state index in [9.17, 15) is 0 Å². The highest BCUT2D eigenvalue weighted by atomic mass is 32.1. The third kappa shape index (κ3) is 1.22. The molecule has 0 saturated heterocycles. The van der Waals surface area contributed by atoms with Crippen LogP contribution in [-0.4, -0.2) is 4.98 Å². The smallest absolute Gasteiger partial charge is 0.0880 e. The largest absolute Gasteiger partial charge is 0.255 e. The lowest BCUT2D eigenvalue weighted by atomic mass is 10.1. The second-order valence-corrected chi connectivity index (χ2v) is 5.17. The molecule has 4 aromatic rings. The molecule has 0 amide bonds. The maximum atomic E-state index is 4.52. The molecule has 0 saturated carbocycles. The fourth-order valence-corrected chi connectivity index (χ4v) is 3.53.